The smallest absolute Gasteiger partial charge is 0.115 e. The van der Waals surface area contributed by atoms with Gasteiger partial charge in [-0.2, -0.15) is 0 Å². The molecule has 0 saturated heterocycles. The van der Waals surface area contributed by atoms with E-state index in [4.69, 9.17) is 4.74 Å². The van der Waals surface area contributed by atoms with Crippen LogP contribution in [0.5, 0.6) is 5.75 Å². The highest BCUT2D eigenvalue weighted by Crippen LogP contribution is 2.20. The largest absolute Gasteiger partial charge is 0.508 e. The molecule has 4 nitrogen and oxygen atoms in total. The van der Waals surface area contributed by atoms with Gasteiger partial charge in [-0.1, -0.05) is 60.2 Å². The highest BCUT2D eigenvalue weighted by Gasteiger charge is 2.24. The maximum atomic E-state index is 10.5. The normalized spacial score (nSPS) is 15.0. The van der Waals surface area contributed by atoms with Crippen molar-refractivity contribution in [3.8, 4) is 5.75 Å². The number of aliphatic hydroxyl groups is 2. The van der Waals surface area contributed by atoms with Crippen LogP contribution in [0.25, 0.3) is 6.08 Å². The van der Waals surface area contributed by atoms with Crippen molar-refractivity contribution in [2.45, 2.75) is 38.6 Å². The van der Waals surface area contributed by atoms with E-state index in [1.807, 2.05) is 55.5 Å². The van der Waals surface area contributed by atoms with Crippen molar-refractivity contribution in [2.75, 3.05) is 6.61 Å². The van der Waals surface area contributed by atoms with Crippen LogP contribution in [0.3, 0.4) is 0 Å². The first-order chi connectivity index (χ1) is 13.5. The number of hydrogen-bond donors (Lipinski definition) is 3. The molecule has 0 spiro atoms. The molecule has 28 heavy (non-hydrogen) atoms. The molecule has 3 N–H and O–H groups in total. The van der Waals surface area contributed by atoms with Crippen LogP contribution in [0.1, 0.15) is 30.9 Å². The van der Waals surface area contributed by atoms with E-state index in [0.29, 0.717) is 19.4 Å². The zero-order valence-corrected chi connectivity index (χ0v) is 16.4. The van der Waals surface area contributed by atoms with Crippen molar-refractivity contribution in [2.24, 2.45) is 5.92 Å². The Bertz CT molecular complexity index is 737. The summed E-state index contributed by atoms with van der Waals surface area (Å²) in [5.74, 6) is -0.209. The lowest BCUT2D eigenvalue weighted by Gasteiger charge is -2.25. The van der Waals surface area contributed by atoms with E-state index < -0.39 is 18.1 Å². The zero-order chi connectivity index (χ0) is 20.4. The molecule has 0 unspecified atom stereocenters. The summed E-state index contributed by atoms with van der Waals surface area (Å²) in [7, 11) is 0. The fourth-order valence-electron chi connectivity index (χ4n) is 3.05. The van der Waals surface area contributed by atoms with E-state index in [9.17, 15) is 15.3 Å². The maximum Gasteiger partial charge on any atom is 0.115 e. The summed E-state index contributed by atoms with van der Waals surface area (Å²) in [6.45, 7) is 6.33. The zero-order valence-electron chi connectivity index (χ0n) is 16.4. The van der Waals surface area contributed by atoms with E-state index >= 15 is 0 Å². The highest BCUT2D eigenvalue weighted by atomic mass is 16.5. The van der Waals surface area contributed by atoms with Crippen LogP contribution in [0.2, 0.25) is 0 Å². The number of hydrogen-bond acceptors (Lipinski definition) is 4. The molecule has 2 rings (SSSR count). The number of rotatable bonds is 11. The van der Waals surface area contributed by atoms with Gasteiger partial charge < -0.3 is 20.1 Å². The first-order valence-corrected chi connectivity index (χ1v) is 9.56. The summed E-state index contributed by atoms with van der Waals surface area (Å²) in [5.41, 5.74) is 3.15. The van der Waals surface area contributed by atoms with Crippen LogP contribution >= 0.6 is 0 Å². The molecule has 4 heteroatoms. The third kappa shape index (κ3) is 7.31. The van der Waals surface area contributed by atoms with Crippen LogP contribution in [-0.2, 0) is 11.3 Å². The van der Waals surface area contributed by atoms with Gasteiger partial charge in [-0.25, -0.2) is 0 Å². The van der Waals surface area contributed by atoms with Gasteiger partial charge in [0, 0.05) is 5.92 Å². The minimum atomic E-state index is -0.808. The first kappa shape index (κ1) is 21.9. The van der Waals surface area contributed by atoms with Crippen LogP contribution in [0.4, 0.5) is 0 Å². The monoisotopic (exact) mass is 382 g/mol. The number of aliphatic hydroxyl groups excluding tert-OH is 2. The van der Waals surface area contributed by atoms with Gasteiger partial charge in [-0.3, -0.25) is 0 Å². The van der Waals surface area contributed by atoms with Gasteiger partial charge in [0.15, 0.2) is 0 Å². The van der Waals surface area contributed by atoms with Crippen molar-refractivity contribution in [1.82, 2.24) is 0 Å². The Morgan fingerprint density at radius 2 is 1.71 bits per heavy atom. The maximum absolute atomic E-state index is 10.5. The average molecular weight is 383 g/mol. The fourth-order valence-corrected chi connectivity index (χ4v) is 3.05. The summed E-state index contributed by atoms with van der Waals surface area (Å²) in [4.78, 5) is 0. The lowest BCUT2D eigenvalue weighted by atomic mass is 9.91. The average Bonchev–Trinajstić information content (AvgIpc) is 2.69. The molecule has 0 saturated carbocycles. The second kappa shape index (κ2) is 11.4. The summed E-state index contributed by atoms with van der Waals surface area (Å²) in [6, 6.07) is 16.7. The molecule has 0 radical (unpaired) electrons. The van der Waals surface area contributed by atoms with Gasteiger partial charge >= 0.3 is 0 Å². The van der Waals surface area contributed by atoms with Crippen LogP contribution in [0, 0.1) is 5.92 Å². The Morgan fingerprint density at radius 1 is 1.04 bits per heavy atom. The number of phenolic OH excluding ortho intramolecular Hbond substituents is 1. The van der Waals surface area contributed by atoms with Gasteiger partial charge in [0.2, 0.25) is 0 Å². The van der Waals surface area contributed by atoms with Crippen LogP contribution < -0.4 is 0 Å². The molecule has 0 aliphatic rings. The molecule has 0 amide bonds. The molecular formula is C24H30O4. The molecule has 0 fully saturated rings. The van der Waals surface area contributed by atoms with E-state index in [0.717, 1.165) is 16.7 Å². The van der Waals surface area contributed by atoms with Gasteiger partial charge in [0.1, 0.15) is 5.75 Å². The molecule has 0 heterocycles. The Hall–Kier alpha value is -2.40. The topological polar surface area (TPSA) is 69.9 Å². The van der Waals surface area contributed by atoms with Crippen molar-refractivity contribution >= 4 is 6.08 Å². The van der Waals surface area contributed by atoms with Crippen LogP contribution in [-0.4, -0.2) is 34.1 Å². The standard InChI is InChI=1S/C24H30O4/c1-3-22(24(27)17-28-16-20-7-5-4-6-8-20)23(26)14-9-18(2)15-19-10-12-21(25)13-11-19/h3-8,10-13,15,22-27H,1,9,14,16-17H2,2H3/b18-15+/t22-,23-,24-/m1/s1. The Kier molecular flexibility index (Phi) is 8.95. The SMILES string of the molecule is C=C[C@H]([C@H](O)CC/C(C)=C/c1ccc(O)cc1)[C@H](O)COCc1ccccc1. The lowest BCUT2D eigenvalue weighted by molar-refractivity contribution is -0.0273. The summed E-state index contributed by atoms with van der Waals surface area (Å²) < 4.78 is 5.59. The first-order valence-electron chi connectivity index (χ1n) is 9.56. The lowest BCUT2D eigenvalue weighted by Crippen LogP contribution is -2.33. The van der Waals surface area contributed by atoms with Crippen molar-refractivity contribution in [3.05, 3.63) is 84.0 Å². The molecule has 0 aliphatic heterocycles. The molecular weight excluding hydrogens is 352 g/mol. The molecule has 2 aromatic rings. The Labute approximate surface area is 167 Å². The van der Waals surface area contributed by atoms with E-state index in [-0.39, 0.29) is 12.4 Å². The number of phenols is 1. The number of aromatic hydroxyl groups is 1. The molecule has 2 aromatic carbocycles. The molecule has 0 aliphatic carbocycles. The van der Waals surface area contributed by atoms with Crippen LogP contribution in [0.15, 0.2) is 72.8 Å². The molecule has 0 bridgehead atoms. The fraction of sp³-hybridized carbons (Fsp3) is 0.333. The molecule has 3 atom stereocenters. The summed E-state index contributed by atoms with van der Waals surface area (Å²) in [6.07, 6.45) is 3.33. The molecule has 150 valence electrons. The second-order valence-electron chi connectivity index (χ2n) is 7.07. The third-order valence-electron chi connectivity index (χ3n) is 4.70. The molecule has 0 aromatic heterocycles. The van der Waals surface area contributed by atoms with Crippen molar-refractivity contribution in [1.29, 1.82) is 0 Å². The highest BCUT2D eigenvalue weighted by molar-refractivity contribution is 5.53. The van der Waals surface area contributed by atoms with Gasteiger partial charge in [0.25, 0.3) is 0 Å². The van der Waals surface area contributed by atoms with E-state index in [1.165, 1.54) is 0 Å². The Morgan fingerprint density at radius 3 is 2.36 bits per heavy atom. The minimum absolute atomic E-state index is 0.144. The number of ether oxygens (including phenoxy) is 1. The van der Waals surface area contributed by atoms with Gasteiger partial charge in [-0.15, -0.1) is 6.58 Å². The Balaban J connectivity index is 1.80. The van der Waals surface area contributed by atoms with E-state index in [1.54, 1.807) is 18.2 Å². The minimum Gasteiger partial charge on any atom is -0.508 e. The summed E-state index contributed by atoms with van der Waals surface area (Å²) in [5, 5.41) is 30.2. The predicted molar refractivity (Wildman–Crippen MR) is 113 cm³/mol. The predicted octanol–water partition coefficient (Wildman–Crippen LogP) is 4.32. The summed E-state index contributed by atoms with van der Waals surface area (Å²) >= 11 is 0. The van der Waals surface area contributed by atoms with Crippen molar-refractivity contribution < 1.29 is 20.1 Å². The quantitative estimate of drug-likeness (QED) is 0.506. The second-order valence-corrected chi connectivity index (χ2v) is 7.07. The number of benzene rings is 2. The number of allylic oxidation sites excluding steroid dienone is 1. The van der Waals surface area contributed by atoms with Gasteiger partial charge in [-0.05, 0) is 43.0 Å². The van der Waals surface area contributed by atoms with Gasteiger partial charge in [0.05, 0.1) is 25.4 Å². The third-order valence-corrected chi connectivity index (χ3v) is 4.70. The van der Waals surface area contributed by atoms with E-state index in [2.05, 4.69) is 6.58 Å². The van der Waals surface area contributed by atoms with Crippen molar-refractivity contribution in [3.63, 3.8) is 0 Å².